The van der Waals surface area contributed by atoms with Gasteiger partial charge in [-0.2, -0.15) is 0 Å². The third kappa shape index (κ3) is 2.41. The van der Waals surface area contributed by atoms with Crippen molar-refractivity contribution in [3.05, 3.63) is 60.7 Å². The lowest BCUT2D eigenvalue weighted by atomic mass is 10.1. The van der Waals surface area contributed by atoms with Crippen molar-refractivity contribution in [3.63, 3.8) is 0 Å². The lowest BCUT2D eigenvalue weighted by molar-refractivity contribution is -0.117. The summed E-state index contributed by atoms with van der Waals surface area (Å²) in [4.78, 5) is 24.8. The van der Waals surface area contributed by atoms with Crippen LogP contribution in [0.2, 0.25) is 0 Å². The topological polar surface area (TPSA) is 67.8 Å². The first-order valence-electron chi connectivity index (χ1n) is 7.23. The molecule has 3 heterocycles. The van der Waals surface area contributed by atoms with E-state index in [0.717, 1.165) is 17.3 Å². The fourth-order valence-electron chi connectivity index (χ4n) is 2.72. The maximum atomic E-state index is 12.3. The van der Waals surface area contributed by atoms with Crippen LogP contribution in [0.1, 0.15) is 17.9 Å². The van der Waals surface area contributed by atoms with Crippen molar-refractivity contribution in [2.75, 3.05) is 5.32 Å². The van der Waals surface area contributed by atoms with Crippen LogP contribution in [0.3, 0.4) is 0 Å². The average Bonchev–Trinajstić information content (AvgIpc) is 3.36. The maximum absolute atomic E-state index is 12.3. The maximum Gasteiger partial charge on any atom is 0.229 e. The zero-order valence-corrected chi connectivity index (χ0v) is 11.8. The third-order valence-electron chi connectivity index (χ3n) is 4.00. The van der Waals surface area contributed by atoms with E-state index in [4.69, 9.17) is 0 Å². The summed E-state index contributed by atoms with van der Waals surface area (Å²) in [7, 11) is 0. The molecule has 0 aliphatic heterocycles. The Morgan fingerprint density at radius 1 is 1.05 bits per heavy atom. The van der Waals surface area contributed by atoms with Gasteiger partial charge >= 0.3 is 0 Å². The van der Waals surface area contributed by atoms with Crippen LogP contribution in [0, 0.1) is 5.92 Å². The molecule has 3 aromatic rings. The number of nitrogens with zero attached hydrogens (tertiary/aromatic N) is 3. The fraction of sp³-hybridized carbons (Fsp3) is 0.176. The first-order chi connectivity index (χ1) is 10.8. The Morgan fingerprint density at radius 3 is 2.73 bits per heavy atom. The Kier molecular flexibility index (Phi) is 3.04. The summed E-state index contributed by atoms with van der Waals surface area (Å²) in [5.41, 5.74) is 2.00. The standard InChI is InChI=1S/C17H14N4O/c22-17(14-9-13(14)11-3-6-18-7-4-11)21-16-2-1-12-10-19-8-5-15(12)20-16/h1-8,10,13-14H,9H2,(H,20,21,22). The van der Waals surface area contributed by atoms with Crippen molar-refractivity contribution in [3.8, 4) is 0 Å². The van der Waals surface area contributed by atoms with Crippen LogP contribution < -0.4 is 5.32 Å². The minimum atomic E-state index is 0.0253. The molecule has 4 rings (SSSR count). The minimum Gasteiger partial charge on any atom is -0.310 e. The Bertz CT molecular complexity index is 834. The third-order valence-corrected chi connectivity index (χ3v) is 4.00. The molecule has 0 saturated heterocycles. The molecule has 22 heavy (non-hydrogen) atoms. The number of nitrogens with one attached hydrogen (secondary N) is 1. The second-order valence-electron chi connectivity index (χ2n) is 5.48. The lowest BCUT2D eigenvalue weighted by Gasteiger charge is -2.05. The summed E-state index contributed by atoms with van der Waals surface area (Å²) >= 11 is 0. The summed E-state index contributed by atoms with van der Waals surface area (Å²) in [6.07, 6.45) is 7.87. The van der Waals surface area contributed by atoms with Gasteiger partial charge in [0.1, 0.15) is 5.82 Å². The molecule has 108 valence electrons. The Hall–Kier alpha value is -2.82. The van der Waals surface area contributed by atoms with Crippen LogP contribution in [-0.4, -0.2) is 20.9 Å². The summed E-state index contributed by atoms with van der Waals surface area (Å²) in [6, 6.07) is 9.50. The summed E-state index contributed by atoms with van der Waals surface area (Å²) in [6.45, 7) is 0. The molecule has 1 aliphatic rings. The van der Waals surface area contributed by atoms with Gasteiger partial charge in [-0.05, 0) is 48.2 Å². The predicted octanol–water partition coefficient (Wildman–Crippen LogP) is 2.77. The number of amides is 1. The molecule has 1 aliphatic carbocycles. The molecule has 2 unspecified atom stereocenters. The van der Waals surface area contributed by atoms with Crippen molar-refractivity contribution in [2.24, 2.45) is 5.92 Å². The summed E-state index contributed by atoms with van der Waals surface area (Å²) in [5.74, 6) is 0.941. The molecular formula is C17H14N4O. The van der Waals surface area contributed by atoms with Crippen molar-refractivity contribution in [2.45, 2.75) is 12.3 Å². The highest BCUT2D eigenvalue weighted by Crippen LogP contribution is 2.47. The van der Waals surface area contributed by atoms with Gasteiger partial charge in [-0.3, -0.25) is 14.8 Å². The van der Waals surface area contributed by atoms with E-state index in [-0.39, 0.29) is 11.8 Å². The van der Waals surface area contributed by atoms with E-state index < -0.39 is 0 Å². The van der Waals surface area contributed by atoms with Crippen LogP contribution in [0.25, 0.3) is 10.9 Å². The quantitative estimate of drug-likeness (QED) is 0.805. The van der Waals surface area contributed by atoms with E-state index in [1.165, 1.54) is 5.56 Å². The highest BCUT2D eigenvalue weighted by atomic mass is 16.2. The number of pyridine rings is 3. The Morgan fingerprint density at radius 2 is 1.86 bits per heavy atom. The first-order valence-corrected chi connectivity index (χ1v) is 7.23. The van der Waals surface area contributed by atoms with Gasteiger partial charge in [0.15, 0.2) is 0 Å². The highest BCUT2D eigenvalue weighted by molar-refractivity contribution is 5.95. The van der Waals surface area contributed by atoms with Gasteiger partial charge in [-0.15, -0.1) is 0 Å². The summed E-state index contributed by atoms with van der Waals surface area (Å²) < 4.78 is 0. The Labute approximate surface area is 127 Å². The van der Waals surface area contributed by atoms with Crippen molar-refractivity contribution < 1.29 is 4.79 Å². The average molecular weight is 290 g/mol. The van der Waals surface area contributed by atoms with E-state index in [1.807, 2.05) is 30.3 Å². The van der Waals surface area contributed by atoms with Gasteiger partial charge in [-0.25, -0.2) is 4.98 Å². The first kappa shape index (κ1) is 12.9. The van der Waals surface area contributed by atoms with E-state index in [1.54, 1.807) is 24.8 Å². The highest BCUT2D eigenvalue weighted by Gasteiger charge is 2.43. The van der Waals surface area contributed by atoms with Gasteiger partial charge in [-0.1, -0.05) is 0 Å². The van der Waals surface area contributed by atoms with Gasteiger partial charge in [0.05, 0.1) is 5.52 Å². The summed E-state index contributed by atoms with van der Waals surface area (Å²) in [5, 5.41) is 3.87. The number of anilines is 1. The van der Waals surface area contributed by atoms with Gasteiger partial charge in [0.2, 0.25) is 5.91 Å². The number of aromatic nitrogens is 3. The molecule has 0 radical (unpaired) electrons. The number of fused-ring (bicyclic) bond motifs is 1. The van der Waals surface area contributed by atoms with E-state index in [9.17, 15) is 4.79 Å². The zero-order chi connectivity index (χ0) is 14.9. The fourth-order valence-corrected chi connectivity index (χ4v) is 2.72. The molecule has 2 atom stereocenters. The second kappa shape index (κ2) is 5.18. The van der Waals surface area contributed by atoms with Crippen LogP contribution in [0.15, 0.2) is 55.1 Å². The van der Waals surface area contributed by atoms with Crippen LogP contribution >= 0.6 is 0 Å². The van der Waals surface area contributed by atoms with E-state index in [2.05, 4.69) is 20.3 Å². The molecule has 0 spiro atoms. The Balaban J connectivity index is 1.48. The molecule has 3 aromatic heterocycles. The second-order valence-corrected chi connectivity index (χ2v) is 5.48. The van der Waals surface area contributed by atoms with Crippen LogP contribution in [0.5, 0.6) is 0 Å². The van der Waals surface area contributed by atoms with E-state index >= 15 is 0 Å². The largest absolute Gasteiger partial charge is 0.310 e. The molecular weight excluding hydrogens is 276 g/mol. The molecule has 5 heteroatoms. The molecule has 0 bridgehead atoms. The van der Waals surface area contributed by atoms with E-state index in [0.29, 0.717) is 11.7 Å². The number of rotatable bonds is 3. The number of carbonyl (C=O) groups excluding carboxylic acids is 1. The number of hydrogen-bond acceptors (Lipinski definition) is 4. The molecule has 1 saturated carbocycles. The van der Waals surface area contributed by atoms with Crippen molar-refractivity contribution >= 4 is 22.6 Å². The predicted molar refractivity (Wildman–Crippen MR) is 83.3 cm³/mol. The van der Waals surface area contributed by atoms with Crippen molar-refractivity contribution in [1.82, 2.24) is 15.0 Å². The van der Waals surface area contributed by atoms with Crippen molar-refractivity contribution in [1.29, 1.82) is 0 Å². The number of carbonyl (C=O) groups is 1. The molecule has 0 aromatic carbocycles. The van der Waals surface area contributed by atoms with Gasteiger partial charge < -0.3 is 5.32 Å². The van der Waals surface area contributed by atoms with Gasteiger partial charge in [0, 0.05) is 36.1 Å². The normalized spacial score (nSPS) is 19.8. The molecule has 1 amide bonds. The molecule has 1 N–H and O–H groups in total. The van der Waals surface area contributed by atoms with Gasteiger partial charge in [0.25, 0.3) is 0 Å². The van der Waals surface area contributed by atoms with Crippen LogP contribution in [0.4, 0.5) is 5.82 Å². The number of hydrogen-bond donors (Lipinski definition) is 1. The molecule has 1 fully saturated rings. The smallest absolute Gasteiger partial charge is 0.229 e. The minimum absolute atomic E-state index is 0.0253. The SMILES string of the molecule is O=C(Nc1ccc2cnccc2n1)C1CC1c1ccncc1. The molecule has 5 nitrogen and oxygen atoms in total. The zero-order valence-electron chi connectivity index (χ0n) is 11.8. The lowest BCUT2D eigenvalue weighted by Crippen LogP contribution is -2.15. The van der Waals surface area contributed by atoms with Crippen LogP contribution in [-0.2, 0) is 4.79 Å². The monoisotopic (exact) mass is 290 g/mol.